The molecule has 0 aliphatic carbocycles. The highest BCUT2D eigenvalue weighted by Gasteiger charge is 2.11. The molecule has 1 aromatic carbocycles. The van der Waals surface area contributed by atoms with Gasteiger partial charge in [0, 0.05) is 12.6 Å². The van der Waals surface area contributed by atoms with Crippen molar-refractivity contribution in [3.63, 3.8) is 0 Å². The van der Waals surface area contributed by atoms with Crippen LogP contribution < -0.4 is 5.32 Å². The number of rotatable bonds is 6. The number of benzene rings is 1. The summed E-state index contributed by atoms with van der Waals surface area (Å²) < 4.78 is 0. The van der Waals surface area contributed by atoms with E-state index in [1.54, 1.807) is 0 Å². The molecule has 0 saturated heterocycles. The molecule has 1 aromatic rings. The first-order valence-corrected chi connectivity index (χ1v) is 5.63. The molecule has 1 N–H and O–H groups in total. The highest BCUT2D eigenvalue weighted by Crippen LogP contribution is 2.20. The third-order valence-corrected chi connectivity index (χ3v) is 2.42. The maximum atomic E-state index is 3.74. The molecule has 0 spiro atoms. The van der Waals surface area contributed by atoms with Crippen LogP contribution in [0.5, 0.6) is 0 Å². The molecule has 1 heteroatoms. The predicted octanol–water partition coefficient (Wildman–Crippen LogP) is 3.55. The average molecular weight is 203 g/mol. The first-order chi connectivity index (χ1) is 7.24. The summed E-state index contributed by atoms with van der Waals surface area (Å²) in [5.41, 5.74) is 1.37. The van der Waals surface area contributed by atoms with Gasteiger partial charge in [-0.1, -0.05) is 50.3 Å². The van der Waals surface area contributed by atoms with Crippen LogP contribution in [-0.4, -0.2) is 6.54 Å². The first kappa shape index (κ1) is 12.0. The predicted molar refractivity (Wildman–Crippen MR) is 66.8 cm³/mol. The number of hydrogen-bond donors (Lipinski definition) is 1. The van der Waals surface area contributed by atoms with Gasteiger partial charge in [-0.15, -0.1) is 6.58 Å². The van der Waals surface area contributed by atoms with Crippen LogP contribution in [-0.2, 0) is 0 Å². The van der Waals surface area contributed by atoms with E-state index in [0.29, 0.717) is 12.0 Å². The van der Waals surface area contributed by atoms with Crippen molar-refractivity contribution in [2.45, 2.75) is 26.3 Å². The Labute approximate surface area is 93.2 Å². The summed E-state index contributed by atoms with van der Waals surface area (Å²) in [6, 6.07) is 11.1. The summed E-state index contributed by atoms with van der Waals surface area (Å²) in [5, 5.41) is 3.50. The van der Waals surface area contributed by atoms with Crippen molar-refractivity contribution in [1.82, 2.24) is 5.32 Å². The van der Waals surface area contributed by atoms with Crippen LogP contribution >= 0.6 is 0 Å². The largest absolute Gasteiger partial charge is 0.306 e. The van der Waals surface area contributed by atoms with Crippen LogP contribution in [0.25, 0.3) is 0 Å². The Morgan fingerprint density at radius 1 is 1.27 bits per heavy atom. The topological polar surface area (TPSA) is 12.0 Å². The summed E-state index contributed by atoms with van der Waals surface area (Å²) >= 11 is 0. The van der Waals surface area contributed by atoms with E-state index in [1.807, 2.05) is 6.08 Å². The normalized spacial score (nSPS) is 12.7. The Hall–Kier alpha value is -1.08. The van der Waals surface area contributed by atoms with Gasteiger partial charge >= 0.3 is 0 Å². The van der Waals surface area contributed by atoms with Gasteiger partial charge in [-0.25, -0.2) is 0 Å². The SMILES string of the molecule is C=CCNC(CC(C)C)c1ccccc1. The zero-order valence-corrected chi connectivity index (χ0v) is 9.74. The highest BCUT2D eigenvalue weighted by molar-refractivity contribution is 5.19. The minimum Gasteiger partial charge on any atom is -0.306 e. The Morgan fingerprint density at radius 3 is 2.47 bits per heavy atom. The minimum atomic E-state index is 0.448. The van der Waals surface area contributed by atoms with Crippen LogP contribution in [0.2, 0.25) is 0 Å². The van der Waals surface area contributed by atoms with Crippen molar-refractivity contribution in [3.8, 4) is 0 Å². The van der Waals surface area contributed by atoms with E-state index in [9.17, 15) is 0 Å². The van der Waals surface area contributed by atoms with Gasteiger partial charge in [-0.3, -0.25) is 0 Å². The van der Waals surface area contributed by atoms with Crippen LogP contribution in [0.1, 0.15) is 31.9 Å². The number of hydrogen-bond acceptors (Lipinski definition) is 1. The van der Waals surface area contributed by atoms with E-state index < -0.39 is 0 Å². The fraction of sp³-hybridized carbons (Fsp3) is 0.429. The Kier molecular flexibility index (Phi) is 5.13. The Morgan fingerprint density at radius 2 is 1.93 bits per heavy atom. The van der Waals surface area contributed by atoms with Crippen LogP contribution in [0.15, 0.2) is 43.0 Å². The van der Waals surface area contributed by atoms with Crippen molar-refractivity contribution in [2.75, 3.05) is 6.54 Å². The molecular weight excluding hydrogens is 182 g/mol. The van der Waals surface area contributed by atoms with Gasteiger partial charge < -0.3 is 5.32 Å². The second-order valence-electron chi connectivity index (χ2n) is 4.29. The van der Waals surface area contributed by atoms with Gasteiger partial charge in [-0.05, 0) is 17.9 Å². The summed E-state index contributed by atoms with van der Waals surface area (Å²) in [7, 11) is 0. The van der Waals surface area contributed by atoms with E-state index >= 15 is 0 Å². The molecular formula is C14H21N. The van der Waals surface area contributed by atoms with Crippen molar-refractivity contribution in [2.24, 2.45) is 5.92 Å². The van der Waals surface area contributed by atoms with E-state index in [4.69, 9.17) is 0 Å². The maximum Gasteiger partial charge on any atom is 0.0325 e. The molecule has 82 valence electrons. The standard InChI is InChI=1S/C14H21N/c1-4-10-15-14(11-12(2)3)13-8-6-5-7-9-13/h4-9,12,14-15H,1,10-11H2,2-3H3. The molecule has 0 bridgehead atoms. The fourth-order valence-electron chi connectivity index (χ4n) is 1.72. The van der Waals surface area contributed by atoms with Gasteiger partial charge in [0.25, 0.3) is 0 Å². The van der Waals surface area contributed by atoms with Crippen molar-refractivity contribution >= 4 is 0 Å². The summed E-state index contributed by atoms with van der Waals surface area (Å²) in [4.78, 5) is 0. The zero-order chi connectivity index (χ0) is 11.1. The molecule has 1 atom stereocenters. The molecule has 0 aliphatic rings. The molecule has 0 amide bonds. The third kappa shape index (κ3) is 4.30. The van der Waals surface area contributed by atoms with Crippen LogP contribution in [0, 0.1) is 5.92 Å². The maximum absolute atomic E-state index is 3.74. The fourth-order valence-corrected chi connectivity index (χ4v) is 1.72. The van der Waals surface area contributed by atoms with Gasteiger partial charge in [-0.2, -0.15) is 0 Å². The lowest BCUT2D eigenvalue weighted by Crippen LogP contribution is -2.22. The molecule has 1 unspecified atom stereocenters. The molecule has 0 radical (unpaired) electrons. The van der Waals surface area contributed by atoms with Crippen molar-refractivity contribution in [1.29, 1.82) is 0 Å². The minimum absolute atomic E-state index is 0.448. The van der Waals surface area contributed by atoms with Gasteiger partial charge in [0.15, 0.2) is 0 Å². The molecule has 0 aromatic heterocycles. The quantitative estimate of drug-likeness (QED) is 0.697. The lowest BCUT2D eigenvalue weighted by atomic mass is 9.97. The first-order valence-electron chi connectivity index (χ1n) is 5.63. The van der Waals surface area contributed by atoms with Gasteiger partial charge in [0.2, 0.25) is 0 Å². The molecule has 0 fully saturated rings. The van der Waals surface area contributed by atoms with Crippen LogP contribution in [0.3, 0.4) is 0 Å². The Bertz CT molecular complexity index is 277. The highest BCUT2D eigenvalue weighted by atomic mass is 14.9. The molecule has 0 heterocycles. The third-order valence-electron chi connectivity index (χ3n) is 2.42. The summed E-state index contributed by atoms with van der Waals surface area (Å²) in [5.74, 6) is 0.701. The molecule has 0 aliphatic heterocycles. The molecule has 0 saturated carbocycles. The molecule has 1 nitrogen and oxygen atoms in total. The Balaban J connectivity index is 2.67. The van der Waals surface area contributed by atoms with E-state index in [0.717, 1.165) is 13.0 Å². The van der Waals surface area contributed by atoms with Gasteiger partial charge in [0.05, 0.1) is 0 Å². The molecule has 15 heavy (non-hydrogen) atoms. The number of nitrogens with one attached hydrogen (secondary N) is 1. The van der Waals surface area contributed by atoms with E-state index in [2.05, 4.69) is 56.1 Å². The second-order valence-corrected chi connectivity index (χ2v) is 4.29. The lowest BCUT2D eigenvalue weighted by Gasteiger charge is -2.20. The van der Waals surface area contributed by atoms with Crippen molar-refractivity contribution < 1.29 is 0 Å². The molecule has 1 rings (SSSR count). The van der Waals surface area contributed by atoms with Crippen LogP contribution in [0.4, 0.5) is 0 Å². The van der Waals surface area contributed by atoms with E-state index in [1.165, 1.54) is 5.56 Å². The summed E-state index contributed by atoms with van der Waals surface area (Å²) in [6.07, 6.45) is 3.08. The smallest absolute Gasteiger partial charge is 0.0325 e. The zero-order valence-electron chi connectivity index (χ0n) is 9.74. The monoisotopic (exact) mass is 203 g/mol. The van der Waals surface area contributed by atoms with Crippen molar-refractivity contribution in [3.05, 3.63) is 48.6 Å². The second kappa shape index (κ2) is 6.41. The lowest BCUT2D eigenvalue weighted by molar-refractivity contribution is 0.445. The van der Waals surface area contributed by atoms with E-state index in [-0.39, 0.29) is 0 Å². The average Bonchev–Trinajstić information content (AvgIpc) is 2.25. The van der Waals surface area contributed by atoms with Gasteiger partial charge in [0.1, 0.15) is 0 Å². The summed E-state index contributed by atoms with van der Waals surface area (Å²) in [6.45, 7) is 9.12.